The predicted molar refractivity (Wildman–Crippen MR) is 109 cm³/mol. The van der Waals surface area contributed by atoms with Crippen LogP contribution in [0.25, 0.3) is 0 Å². The van der Waals surface area contributed by atoms with Gasteiger partial charge in [-0.05, 0) is 38.5 Å². The minimum Gasteiger partial charge on any atom is -0.382 e. The predicted octanol–water partition coefficient (Wildman–Crippen LogP) is 3.89. The maximum absolute atomic E-state index is 5.46. The van der Waals surface area contributed by atoms with Gasteiger partial charge in [-0.25, -0.2) is 4.99 Å². The van der Waals surface area contributed by atoms with Gasteiger partial charge < -0.3 is 20.3 Å². The van der Waals surface area contributed by atoms with E-state index in [1.54, 1.807) is 18.4 Å². The van der Waals surface area contributed by atoms with Gasteiger partial charge in [-0.15, -0.1) is 11.3 Å². The zero-order valence-electron chi connectivity index (χ0n) is 15.6. The molecule has 2 aromatic rings. The van der Waals surface area contributed by atoms with Crippen LogP contribution in [0.3, 0.4) is 0 Å². The Kier molecular flexibility index (Phi) is 4.98. The number of thiophene rings is 1. The summed E-state index contributed by atoms with van der Waals surface area (Å²) < 4.78 is 5.46. The molecule has 2 aliphatic heterocycles. The van der Waals surface area contributed by atoms with Gasteiger partial charge in [0.1, 0.15) is 10.8 Å². The molecule has 3 heterocycles. The van der Waals surface area contributed by atoms with E-state index in [4.69, 9.17) is 9.73 Å². The molecule has 1 saturated heterocycles. The molecule has 0 radical (unpaired) electrons. The number of aryl methyl sites for hydroxylation is 1. The summed E-state index contributed by atoms with van der Waals surface area (Å²) in [5.41, 5.74) is 3.29. The molecule has 5 nitrogen and oxygen atoms in total. The Hall–Kier alpha value is -1.89. The molecule has 0 amide bonds. The highest BCUT2D eigenvalue weighted by Gasteiger charge is 2.28. The highest BCUT2D eigenvalue weighted by molar-refractivity contribution is 7.16. The number of para-hydroxylation sites is 2. The third-order valence-electron chi connectivity index (χ3n) is 5.05. The number of benzene rings is 1. The molecule has 138 valence electrons. The van der Waals surface area contributed by atoms with Crippen molar-refractivity contribution >= 4 is 33.5 Å². The van der Waals surface area contributed by atoms with Crippen molar-refractivity contribution in [1.82, 2.24) is 10.2 Å². The molecule has 1 fully saturated rings. The minimum atomic E-state index is 0.255. The number of anilines is 2. The molecule has 2 aliphatic rings. The largest absolute Gasteiger partial charge is 0.382 e. The van der Waals surface area contributed by atoms with Gasteiger partial charge in [-0.2, -0.15) is 0 Å². The van der Waals surface area contributed by atoms with Gasteiger partial charge in [-0.3, -0.25) is 0 Å². The van der Waals surface area contributed by atoms with Gasteiger partial charge in [0.25, 0.3) is 0 Å². The molecule has 0 aliphatic carbocycles. The van der Waals surface area contributed by atoms with Crippen LogP contribution in [-0.4, -0.2) is 49.6 Å². The van der Waals surface area contributed by atoms with Crippen molar-refractivity contribution in [1.29, 1.82) is 0 Å². The van der Waals surface area contributed by atoms with Gasteiger partial charge in [0.2, 0.25) is 0 Å². The summed E-state index contributed by atoms with van der Waals surface area (Å²) in [7, 11) is 1.78. The summed E-state index contributed by atoms with van der Waals surface area (Å²) >= 11 is 1.80. The highest BCUT2D eigenvalue weighted by Crippen LogP contribution is 2.39. The third kappa shape index (κ3) is 3.49. The summed E-state index contributed by atoms with van der Waals surface area (Å²) in [5, 5.41) is 8.40. The van der Waals surface area contributed by atoms with Crippen LogP contribution in [0.5, 0.6) is 0 Å². The van der Waals surface area contributed by atoms with Crippen molar-refractivity contribution in [2.75, 3.05) is 32.1 Å². The fraction of sp³-hybridized carbons (Fsp3) is 0.450. The zero-order valence-corrected chi connectivity index (χ0v) is 16.4. The Morgan fingerprint density at radius 3 is 3.08 bits per heavy atom. The van der Waals surface area contributed by atoms with E-state index in [9.17, 15) is 0 Å². The topological polar surface area (TPSA) is 48.9 Å². The number of rotatable bonds is 3. The van der Waals surface area contributed by atoms with Crippen LogP contribution in [0, 0.1) is 6.92 Å². The van der Waals surface area contributed by atoms with E-state index in [-0.39, 0.29) is 6.10 Å². The molecular formula is C20H26N4OS. The van der Waals surface area contributed by atoms with Crippen LogP contribution in [0.1, 0.15) is 23.8 Å². The fourth-order valence-electron chi connectivity index (χ4n) is 3.66. The molecule has 2 N–H and O–H groups in total. The van der Waals surface area contributed by atoms with Crippen LogP contribution in [0.4, 0.5) is 16.4 Å². The van der Waals surface area contributed by atoms with Crippen LogP contribution >= 0.6 is 11.3 Å². The molecule has 4 rings (SSSR count). The maximum atomic E-state index is 5.46. The SMILES string of the molecule is CO[C@H](C)C[C@H]1CN(C2=Nc3ccccc3Nc3sc(C)cc32)CCN1. The lowest BCUT2D eigenvalue weighted by Crippen LogP contribution is -2.53. The Morgan fingerprint density at radius 2 is 2.23 bits per heavy atom. The molecule has 1 aromatic carbocycles. The smallest absolute Gasteiger partial charge is 0.139 e. The van der Waals surface area contributed by atoms with Crippen LogP contribution in [0.15, 0.2) is 35.3 Å². The summed E-state index contributed by atoms with van der Waals surface area (Å²) in [6.45, 7) is 7.17. The lowest BCUT2D eigenvalue weighted by molar-refractivity contribution is 0.0929. The van der Waals surface area contributed by atoms with Crippen molar-refractivity contribution in [3.63, 3.8) is 0 Å². The lowest BCUT2D eigenvalue weighted by atomic mass is 10.1. The standard InChI is InChI=1S/C20H26N4OS/c1-13(25-3)10-15-12-24(9-8-21-15)19-16-11-14(2)26-20(16)23-18-7-5-4-6-17(18)22-19/h4-7,11,13,15,21,23H,8-10,12H2,1-3H3/t13-,15+/m1/s1. The minimum absolute atomic E-state index is 0.255. The van der Waals surface area contributed by atoms with Gasteiger partial charge >= 0.3 is 0 Å². The van der Waals surface area contributed by atoms with Crippen molar-refractivity contribution < 1.29 is 4.74 Å². The lowest BCUT2D eigenvalue weighted by Gasteiger charge is -2.36. The number of hydrogen-bond acceptors (Lipinski definition) is 6. The normalized spacial score (nSPS) is 20.5. The molecule has 0 saturated carbocycles. The molecule has 0 unspecified atom stereocenters. The Morgan fingerprint density at radius 1 is 1.38 bits per heavy atom. The third-order valence-corrected chi connectivity index (χ3v) is 6.01. The molecule has 6 heteroatoms. The monoisotopic (exact) mass is 370 g/mol. The van der Waals surface area contributed by atoms with Crippen molar-refractivity contribution in [3.8, 4) is 0 Å². The van der Waals surface area contributed by atoms with E-state index in [0.717, 1.165) is 43.3 Å². The Labute approximate surface area is 159 Å². The number of amidine groups is 1. The number of aliphatic imine (C=N–C) groups is 1. The maximum Gasteiger partial charge on any atom is 0.139 e. The van der Waals surface area contributed by atoms with Crippen molar-refractivity contribution in [2.24, 2.45) is 4.99 Å². The first-order valence-electron chi connectivity index (χ1n) is 9.20. The molecular weight excluding hydrogens is 344 g/mol. The summed E-state index contributed by atoms with van der Waals surface area (Å²) in [5.74, 6) is 1.08. The Balaban J connectivity index is 1.68. The van der Waals surface area contributed by atoms with Gasteiger partial charge in [0, 0.05) is 37.7 Å². The second-order valence-electron chi connectivity index (χ2n) is 7.06. The summed E-state index contributed by atoms with van der Waals surface area (Å²) in [6, 6.07) is 11.0. The van der Waals surface area contributed by atoms with E-state index in [1.165, 1.54) is 15.4 Å². The van der Waals surface area contributed by atoms with E-state index in [1.807, 2.05) is 6.07 Å². The van der Waals surface area contributed by atoms with Gasteiger partial charge in [0.05, 0.1) is 23.0 Å². The molecule has 1 aromatic heterocycles. The quantitative estimate of drug-likeness (QED) is 0.861. The number of fused-ring (bicyclic) bond motifs is 2. The zero-order chi connectivity index (χ0) is 18.1. The van der Waals surface area contributed by atoms with E-state index >= 15 is 0 Å². The van der Waals surface area contributed by atoms with Crippen LogP contribution < -0.4 is 10.6 Å². The van der Waals surface area contributed by atoms with Gasteiger partial charge in [0.15, 0.2) is 0 Å². The van der Waals surface area contributed by atoms with Crippen molar-refractivity contribution in [3.05, 3.63) is 40.8 Å². The first-order valence-corrected chi connectivity index (χ1v) is 10.0. The molecule has 26 heavy (non-hydrogen) atoms. The second-order valence-corrected chi connectivity index (χ2v) is 8.31. The summed E-state index contributed by atoms with van der Waals surface area (Å²) in [4.78, 5) is 8.81. The first kappa shape index (κ1) is 17.5. The van der Waals surface area contributed by atoms with E-state index < -0.39 is 0 Å². The molecule has 2 atom stereocenters. The number of nitrogens with one attached hydrogen (secondary N) is 2. The number of methoxy groups -OCH3 is 1. The van der Waals surface area contributed by atoms with Crippen molar-refractivity contribution in [2.45, 2.75) is 32.4 Å². The number of nitrogens with zero attached hydrogens (tertiary/aromatic N) is 2. The first-order chi connectivity index (χ1) is 12.6. The number of ether oxygens (including phenoxy) is 1. The molecule has 0 spiro atoms. The average Bonchev–Trinajstić information content (AvgIpc) is 2.93. The van der Waals surface area contributed by atoms with Crippen LogP contribution in [-0.2, 0) is 4.74 Å². The van der Waals surface area contributed by atoms with Crippen LogP contribution in [0.2, 0.25) is 0 Å². The fourth-order valence-corrected chi connectivity index (χ4v) is 4.58. The number of piperazine rings is 1. The van der Waals surface area contributed by atoms with E-state index in [0.29, 0.717) is 6.04 Å². The van der Waals surface area contributed by atoms with E-state index in [2.05, 4.69) is 53.6 Å². The highest BCUT2D eigenvalue weighted by atomic mass is 32.1. The Bertz CT molecular complexity index is 816. The number of hydrogen-bond donors (Lipinski definition) is 2. The summed E-state index contributed by atoms with van der Waals surface area (Å²) in [6.07, 6.45) is 1.26. The second kappa shape index (κ2) is 7.39. The van der Waals surface area contributed by atoms with Gasteiger partial charge in [-0.1, -0.05) is 12.1 Å². The average molecular weight is 371 g/mol. The molecule has 0 bridgehead atoms.